The molecule has 3 atom stereocenters. The van der Waals surface area contributed by atoms with Crippen molar-refractivity contribution in [2.24, 2.45) is 0 Å². The number of carboxylic acids is 1. The zero-order chi connectivity index (χ0) is 16.8. The number of hydrogen-bond donors (Lipinski definition) is 1. The van der Waals surface area contributed by atoms with Gasteiger partial charge in [0.15, 0.2) is 0 Å². The second-order valence-corrected chi connectivity index (χ2v) is 8.06. The second-order valence-electron chi connectivity index (χ2n) is 6.29. The number of thioether (sulfide) groups is 1. The molecule has 8 heteroatoms. The molecule has 2 fully saturated rings. The number of nitrogens with zero attached hydrogens (tertiary/aromatic N) is 1. The topological polar surface area (TPSA) is 89.5 Å². The second kappa shape index (κ2) is 7.07. The van der Waals surface area contributed by atoms with Crippen LogP contribution >= 0.6 is 11.8 Å². The van der Waals surface area contributed by atoms with E-state index in [0.29, 0.717) is 0 Å². The molecule has 2 heterocycles. The van der Waals surface area contributed by atoms with Crippen LogP contribution in [0.2, 0.25) is 0 Å². The van der Waals surface area contributed by atoms with Gasteiger partial charge in [0.25, 0.3) is 0 Å². The summed E-state index contributed by atoms with van der Waals surface area (Å²) in [7, 11) is 0. The minimum atomic E-state index is -1.26. The van der Waals surface area contributed by atoms with Crippen molar-refractivity contribution in [3.05, 3.63) is 35.9 Å². The summed E-state index contributed by atoms with van der Waals surface area (Å²) in [6.07, 6.45) is 0.190. The molecular weight excluding hydrogens is 339 g/mol. The van der Waals surface area contributed by atoms with Crippen molar-refractivity contribution in [3.63, 3.8) is 0 Å². The van der Waals surface area contributed by atoms with Crippen LogP contribution in [0.3, 0.4) is 0 Å². The van der Waals surface area contributed by atoms with E-state index < -0.39 is 22.8 Å². The average Bonchev–Trinajstić information content (AvgIpc) is 2.74. The van der Waals surface area contributed by atoms with Gasteiger partial charge in [-0.2, -0.15) is 0 Å². The van der Waals surface area contributed by atoms with Crippen LogP contribution < -0.4 is 40.0 Å². The number of nitrogens with one attached hydrogen (secondary N) is 1. The van der Waals surface area contributed by atoms with Gasteiger partial charge < -0.3 is 20.1 Å². The van der Waals surface area contributed by atoms with Gasteiger partial charge in [0.2, 0.25) is 11.8 Å². The number of carbonyl (C=O) groups excluding carboxylic acids is 3. The Hall–Kier alpha value is -1.02. The van der Waals surface area contributed by atoms with Crippen LogP contribution in [-0.4, -0.2) is 44.9 Å². The summed E-state index contributed by atoms with van der Waals surface area (Å²) >= 11 is 1.38. The summed E-state index contributed by atoms with van der Waals surface area (Å²) in [5, 5.41) is 13.7. The Labute approximate surface area is 166 Å². The quantitative estimate of drug-likeness (QED) is 0.447. The van der Waals surface area contributed by atoms with E-state index in [1.54, 1.807) is 13.8 Å². The third-order valence-electron chi connectivity index (χ3n) is 4.19. The Morgan fingerprint density at radius 2 is 1.92 bits per heavy atom. The first-order chi connectivity index (χ1) is 10.8. The first-order valence-electron chi connectivity index (χ1n) is 7.35. The maximum atomic E-state index is 12.2. The van der Waals surface area contributed by atoms with Crippen LogP contribution in [0.5, 0.6) is 0 Å². The molecule has 0 radical (unpaired) electrons. The van der Waals surface area contributed by atoms with E-state index in [2.05, 4.69) is 5.32 Å². The molecule has 1 unspecified atom stereocenters. The van der Waals surface area contributed by atoms with Crippen molar-refractivity contribution < 1.29 is 49.0 Å². The largest absolute Gasteiger partial charge is 1.00 e. The van der Waals surface area contributed by atoms with Gasteiger partial charge in [-0.15, -0.1) is 11.8 Å². The molecule has 2 aliphatic heterocycles. The van der Waals surface area contributed by atoms with Gasteiger partial charge in [0.1, 0.15) is 11.4 Å². The average molecular weight is 356 g/mol. The van der Waals surface area contributed by atoms with Crippen molar-refractivity contribution in [1.82, 2.24) is 10.2 Å². The molecule has 2 amide bonds. The Bertz CT molecular complexity index is 667. The summed E-state index contributed by atoms with van der Waals surface area (Å²) < 4.78 is -0.641. The number of fused-ring (bicyclic) bond motifs is 1. The molecule has 2 saturated heterocycles. The molecule has 24 heavy (non-hydrogen) atoms. The van der Waals surface area contributed by atoms with Crippen molar-refractivity contribution in [2.45, 2.75) is 42.5 Å². The Balaban J connectivity index is 0.00000208. The molecular formula is C16H17N2NaO4S. The molecule has 1 aromatic rings. The van der Waals surface area contributed by atoms with Gasteiger partial charge >= 0.3 is 29.6 Å². The molecule has 1 aromatic carbocycles. The van der Waals surface area contributed by atoms with Crippen molar-refractivity contribution in [1.29, 1.82) is 0 Å². The zero-order valence-electron chi connectivity index (χ0n) is 13.8. The predicted octanol–water partition coefficient (Wildman–Crippen LogP) is -3.47. The van der Waals surface area contributed by atoms with Crippen LogP contribution in [0.4, 0.5) is 0 Å². The standard InChI is InChI=1S/C16H18N2O4S.Na/c1-16(2)12(15(21)22)18-13(20)11(14(18)23-16)17-10(19)8-9-6-4-3-5-7-9;/h3-7,11-12,14H,8H2,1-2H3,(H,17,19)(H,21,22);/q;+1/p-1/t11?,12-,14+;/m0./s1. The fraction of sp³-hybridized carbons (Fsp3) is 0.438. The molecule has 0 aromatic heterocycles. The number of carbonyl (C=O) groups is 3. The molecule has 0 spiro atoms. The van der Waals surface area contributed by atoms with Crippen molar-refractivity contribution >= 4 is 29.5 Å². The van der Waals surface area contributed by atoms with E-state index in [-0.39, 0.29) is 53.2 Å². The van der Waals surface area contributed by atoms with Crippen LogP contribution in [0, 0.1) is 0 Å². The van der Waals surface area contributed by atoms with Gasteiger partial charge in [-0.25, -0.2) is 0 Å². The Morgan fingerprint density at radius 3 is 2.50 bits per heavy atom. The number of aliphatic carboxylic acids is 1. The number of benzene rings is 1. The number of hydrogen-bond acceptors (Lipinski definition) is 5. The fourth-order valence-electron chi connectivity index (χ4n) is 3.13. The third-order valence-corrected chi connectivity index (χ3v) is 5.76. The normalized spacial score (nSPS) is 26.8. The smallest absolute Gasteiger partial charge is 0.548 e. The molecule has 1 N–H and O–H groups in total. The predicted molar refractivity (Wildman–Crippen MR) is 83.2 cm³/mol. The van der Waals surface area contributed by atoms with Gasteiger partial charge in [-0.05, 0) is 19.4 Å². The number of amides is 2. The Morgan fingerprint density at radius 1 is 1.29 bits per heavy atom. The van der Waals surface area contributed by atoms with Crippen LogP contribution in [0.25, 0.3) is 0 Å². The maximum absolute atomic E-state index is 12.2. The first-order valence-corrected chi connectivity index (χ1v) is 8.23. The number of β-lactam (4-membered cyclic amide) rings is 1. The van der Waals surface area contributed by atoms with Crippen molar-refractivity contribution in [3.8, 4) is 0 Å². The van der Waals surface area contributed by atoms with E-state index in [4.69, 9.17) is 0 Å². The molecule has 0 bridgehead atoms. The summed E-state index contributed by atoms with van der Waals surface area (Å²) in [6, 6.07) is 7.61. The molecule has 2 aliphatic rings. The zero-order valence-corrected chi connectivity index (χ0v) is 16.6. The molecule has 6 nitrogen and oxygen atoms in total. The summed E-state index contributed by atoms with van der Waals surface area (Å²) in [5.41, 5.74) is 0.862. The summed E-state index contributed by atoms with van der Waals surface area (Å²) in [6.45, 7) is 3.54. The Kier molecular flexibility index (Phi) is 5.69. The fourth-order valence-corrected chi connectivity index (χ4v) is 4.75. The van der Waals surface area contributed by atoms with E-state index >= 15 is 0 Å². The SMILES string of the molecule is CC1(C)S[C@@H]2C(NC(=O)Cc3ccccc3)C(=O)N2[C@H]1C(=O)[O-].[Na+]. The number of rotatable bonds is 4. The van der Waals surface area contributed by atoms with Crippen molar-refractivity contribution in [2.75, 3.05) is 0 Å². The van der Waals surface area contributed by atoms with Gasteiger partial charge in [-0.1, -0.05) is 30.3 Å². The molecule has 0 aliphatic carbocycles. The van der Waals surface area contributed by atoms with Crippen LogP contribution in [-0.2, 0) is 20.8 Å². The van der Waals surface area contributed by atoms with Gasteiger partial charge in [0.05, 0.1) is 18.4 Å². The van der Waals surface area contributed by atoms with Crippen LogP contribution in [0.15, 0.2) is 30.3 Å². The van der Waals surface area contributed by atoms with Gasteiger partial charge in [-0.3, -0.25) is 9.59 Å². The summed E-state index contributed by atoms with van der Waals surface area (Å²) in [4.78, 5) is 37.0. The molecule has 3 rings (SSSR count). The number of carboxylic acid groups (broad SMARTS) is 1. The van der Waals surface area contributed by atoms with E-state index in [9.17, 15) is 19.5 Å². The van der Waals surface area contributed by atoms with E-state index in [0.717, 1.165) is 5.56 Å². The van der Waals surface area contributed by atoms with E-state index in [1.807, 2.05) is 30.3 Å². The first kappa shape index (κ1) is 19.3. The summed E-state index contributed by atoms with van der Waals surface area (Å²) in [5.74, 6) is -1.86. The van der Waals surface area contributed by atoms with Gasteiger partial charge in [0, 0.05) is 4.75 Å². The molecule has 122 valence electrons. The van der Waals surface area contributed by atoms with E-state index in [1.165, 1.54) is 16.7 Å². The maximum Gasteiger partial charge on any atom is 1.00 e. The third kappa shape index (κ3) is 3.35. The minimum Gasteiger partial charge on any atom is -0.548 e. The monoisotopic (exact) mass is 356 g/mol. The minimum absolute atomic E-state index is 0. The van der Waals surface area contributed by atoms with Crippen LogP contribution in [0.1, 0.15) is 19.4 Å². The molecule has 0 saturated carbocycles.